The van der Waals surface area contributed by atoms with Gasteiger partial charge in [0.05, 0.1) is 0 Å². The monoisotopic (exact) mass is 330 g/mol. The van der Waals surface area contributed by atoms with E-state index in [1.54, 1.807) is 0 Å². The summed E-state index contributed by atoms with van der Waals surface area (Å²) >= 11 is 0. The van der Waals surface area contributed by atoms with Crippen molar-refractivity contribution in [2.45, 2.75) is 65.7 Å². The molecule has 22 heavy (non-hydrogen) atoms. The zero-order chi connectivity index (χ0) is 15.3. The predicted molar refractivity (Wildman–Crippen MR) is 95.5 cm³/mol. The largest absolute Gasteiger partial charge is 0.342 e. The van der Waals surface area contributed by atoms with E-state index in [-0.39, 0.29) is 12.4 Å². The Morgan fingerprint density at radius 2 is 2.05 bits per heavy atom. The molecular formula is C18H35ClN2O. The molecule has 1 N–H and O–H groups in total. The van der Waals surface area contributed by atoms with Gasteiger partial charge < -0.3 is 10.2 Å². The fourth-order valence-electron chi connectivity index (χ4n) is 4.32. The van der Waals surface area contributed by atoms with Crippen LogP contribution in [0, 0.1) is 17.3 Å². The molecule has 2 atom stereocenters. The minimum absolute atomic E-state index is 0. The molecule has 3 nitrogen and oxygen atoms in total. The summed E-state index contributed by atoms with van der Waals surface area (Å²) in [6.07, 6.45) is 8.18. The van der Waals surface area contributed by atoms with Gasteiger partial charge in [-0.05, 0) is 62.4 Å². The zero-order valence-electron chi connectivity index (χ0n) is 14.7. The molecule has 2 aliphatic heterocycles. The Kier molecular flexibility index (Phi) is 8.20. The number of nitrogens with zero attached hydrogens (tertiary/aromatic N) is 1. The van der Waals surface area contributed by atoms with Crippen molar-refractivity contribution in [3.05, 3.63) is 0 Å². The molecule has 0 aliphatic carbocycles. The van der Waals surface area contributed by atoms with Gasteiger partial charge in [-0.15, -0.1) is 12.4 Å². The number of carbonyl (C=O) groups excluding carboxylic acids is 1. The van der Waals surface area contributed by atoms with Gasteiger partial charge in [-0.2, -0.15) is 0 Å². The maximum Gasteiger partial charge on any atom is 0.222 e. The second-order valence-electron chi connectivity index (χ2n) is 7.75. The van der Waals surface area contributed by atoms with Crippen LogP contribution < -0.4 is 5.32 Å². The molecule has 0 aromatic rings. The average molecular weight is 331 g/mol. The highest BCUT2D eigenvalue weighted by Crippen LogP contribution is 2.35. The summed E-state index contributed by atoms with van der Waals surface area (Å²) in [5, 5.41) is 3.42. The van der Waals surface area contributed by atoms with Crippen LogP contribution in [0.2, 0.25) is 0 Å². The molecule has 0 radical (unpaired) electrons. The average Bonchev–Trinajstić information content (AvgIpc) is 2.48. The van der Waals surface area contributed by atoms with Gasteiger partial charge in [0, 0.05) is 19.5 Å². The minimum Gasteiger partial charge on any atom is -0.342 e. The lowest BCUT2D eigenvalue weighted by Gasteiger charge is -2.41. The van der Waals surface area contributed by atoms with Crippen LogP contribution in [0.25, 0.3) is 0 Å². The molecule has 0 aromatic carbocycles. The maximum absolute atomic E-state index is 12.7. The third kappa shape index (κ3) is 5.42. The molecule has 2 rings (SSSR count). The number of carbonyl (C=O) groups is 1. The second kappa shape index (κ2) is 9.12. The van der Waals surface area contributed by atoms with Crippen molar-refractivity contribution >= 4 is 18.3 Å². The van der Waals surface area contributed by atoms with E-state index in [1.165, 1.54) is 38.5 Å². The summed E-state index contributed by atoms with van der Waals surface area (Å²) < 4.78 is 0. The van der Waals surface area contributed by atoms with Crippen molar-refractivity contribution in [2.75, 3.05) is 26.2 Å². The highest BCUT2D eigenvalue weighted by atomic mass is 35.5. The molecule has 0 bridgehead atoms. The molecule has 0 saturated carbocycles. The first kappa shape index (κ1) is 19.8. The van der Waals surface area contributed by atoms with Crippen LogP contribution in [0.3, 0.4) is 0 Å². The molecule has 0 aromatic heterocycles. The smallest absolute Gasteiger partial charge is 0.222 e. The summed E-state index contributed by atoms with van der Waals surface area (Å²) in [6.45, 7) is 11.1. The molecule has 2 fully saturated rings. The van der Waals surface area contributed by atoms with Crippen LogP contribution in [0.4, 0.5) is 0 Å². The van der Waals surface area contributed by atoms with E-state index < -0.39 is 0 Å². The second-order valence-corrected chi connectivity index (χ2v) is 7.75. The number of hydrogen-bond acceptors (Lipinski definition) is 2. The van der Waals surface area contributed by atoms with E-state index in [0.29, 0.717) is 17.2 Å². The van der Waals surface area contributed by atoms with Gasteiger partial charge in [0.15, 0.2) is 0 Å². The van der Waals surface area contributed by atoms with Gasteiger partial charge in [-0.3, -0.25) is 4.79 Å². The molecule has 130 valence electrons. The standard InChI is InChI=1S/C18H34N2O.ClH/c1-4-8-18(3)9-5-12-20(14-18)17(21)13-15(2)16-6-10-19-11-7-16;/h15-16,19H,4-14H2,1-3H3;1H. The normalized spacial score (nSPS) is 28.0. The number of amides is 1. The van der Waals surface area contributed by atoms with Gasteiger partial charge in [0.1, 0.15) is 0 Å². The first-order valence-electron chi connectivity index (χ1n) is 9.02. The molecular weight excluding hydrogens is 296 g/mol. The molecule has 2 aliphatic rings. The van der Waals surface area contributed by atoms with E-state index in [4.69, 9.17) is 0 Å². The van der Waals surface area contributed by atoms with Gasteiger partial charge in [0.25, 0.3) is 0 Å². The summed E-state index contributed by atoms with van der Waals surface area (Å²) in [6, 6.07) is 0. The highest BCUT2D eigenvalue weighted by Gasteiger charge is 2.33. The fourth-order valence-corrected chi connectivity index (χ4v) is 4.32. The van der Waals surface area contributed by atoms with Gasteiger partial charge in [-0.25, -0.2) is 0 Å². The van der Waals surface area contributed by atoms with Crippen LogP contribution in [0.1, 0.15) is 65.7 Å². The number of hydrogen-bond donors (Lipinski definition) is 1. The zero-order valence-corrected chi connectivity index (χ0v) is 15.5. The lowest BCUT2D eigenvalue weighted by Crippen LogP contribution is -2.45. The summed E-state index contributed by atoms with van der Waals surface area (Å²) in [5.41, 5.74) is 0.362. The van der Waals surface area contributed by atoms with Crippen molar-refractivity contribution < 1.29 is 4.79 Å². The Morgan fingerprint density at radius 1 is 1.36 bits per heavy atom. The Morgan fingerprint density at radius 3 is 2.68 bits per heavy atom. The van der Waals surface area contributed by atoms with Gasteiger partial charge in [-0.1, -0.05) is 27.2 Å². The molecule has 0 spiro atoms. The van der Waals surface area contributed by atoms with Crippen LogP contribution >= 0.6 is 12.4 Å². The van der Waals surface area contributed by atoms with Crippen molar-refractivity contribution in [3.8, 4) is 0 Å². The molecule has 2 heterocycles. The highest BCUT2D eigenvalue weighted by molar-refractivity contribution is 5.85. The van der Waals surface area contributed by atoms with Crippen LogP contribution in [-0.2, 0) is 4.79 Å². The lowest BCUT2D eigenvalue weighted by molar-refractivity contribution is -0.136. The lowest BCUT2D eigenvalue weighted by atomic mass is 9.78. The molecule has 1 amide bonds. The third-order valence-corrected chi connectivity index (χ3v) is 5.67. The van der Waals surface area contributed by atoms with E-state index in [1.807, 2.05) is 0 Å². The van der Waals surface area contributed by atoms with Gasteiger partial charge in [0.2, 0.25) is 5.91 Å². The van der Waals surface area contributed by atoms with Crippen LogP contribution in [0.15, 0.2) is 0 Å². The number of nitrogens with one attached hydrogen (secondary N) is 1. The third-order valence-electron chi connectivity index (χ3n) is 5.67. The van der Waals surface area contributed by atoms with Crippen molar-refractivity contribution in [1.82, 2.24) is 10.2 Å². The van der Waals surface area contributed by atoms with Crippen molar-refractivity contribution in [1.29, 1.82) is 0 Å². The first-order chi connectivity index (χ1) is 10.0. The number of rotatable bonds is 5. The summed E-state index contributed by atoms with van der Waals surface area (Å²) in [5.74, 6) is 1.68. The Balaban J connectivity index is 0.00000242. The first-order valence-corrected chi connectivity index (χ1v) is 9.02. The number of halogens is 1. The SMILES string of the molecule is CCCC1(C)CCCN(C(=O)CC(C)C2CCNCC2)C1.Cl. The minimum atomic E-state index is 0. The number of piperidine rings is 2. The summed E-state index contributed by atoms with van der Waals surface area (Å²) in [4.78, 5) is 14.8. The molecule has 2 unspecified atom stereocenters. The van der Waals surface area contributed by atoms with Crippen LogP contribution in [-0.4, -0.2) is 37.0 Å². The topological polar surface area (TPSA) is 32.3 Å². The van der Waals surface area contributed by atoms with E-state index >= 15 is 0 Å². The maximum atomic E-state index is 12.7. The quantitative estimate of drug-likeness (QED) is 0.830. The molecule has 4 heteroatoms. The Labute approximate surface area is 143 Å². The van der Waals surface area contributed by atoms with E-state index in [2.05, 4.69) is 31.0 Å². The Bertz CT molecular complexity index is 340. The number of likely N-dealkylation sites (tertiary alicyclic amines) is 1. The van der Waals surface area contributed by atoms with Crippen molar-refractivity contribution in [2.24, 2.45) is 17.3 Å². The van der Waals surface area contributed by atoms with E-state index in [9.17, 15) is 4.79 Å². The predicted octanol–water partition coefficient (Wildman–Crippen LogP) is 3.86. The Hall–Kier alpha value is -0.280. The van der Waals surface area contributed by atoms with Gasteiger partial charge >= 0.3 is 0 Å². The van der Waals surface area contributed by atoms with Crippen LogP contribution in [0.5, 0.6) is 0 Å². The molecule has 2 saturated heterocycles. The fraction of sp³-hybridized carbons (Fsp3) is 0.944. The summed E-state index contributed by atoms with van der Waals surface area (Å²) in [7, 11) is 0. The van der Waals surface area contributed by atoms with E-state index in [0.717, 1.165) is 38.5 Å². The van der Waals surface area contributed by atoms with Crippen molar-refractivity contribution in [3.63, 3.8) is 0 Å².